The molecule has 3 rings (SSSR count). The molecule has 1 aromatic rings. The van der Waals surface area contributed by atoms with Crippen LogP contribution in [-0.2, 0) is 22.4 Å². The van der Waals surface area contributed by atoms with Crippen LogP contribution in [0.4, 0.5) is 0 Å². The smallest absolute Gasteiger partial charge is 0.338 e. The van der Waals surface area contributed by atoms with Gasteiger partial charge >= 0.3 is 5.97 Å². The number of carbonyl (C=O) groups is 2. The summed E-state index contributed by atoms with van der Waals surface area (Å²) in [5.41, 5.74) is 2.71. The summed E-state index contributed by atoms with van der Waals surface area (Å²) in [6, 6.07) is 3.91. The van der Waals surface area contributed by atoms with E-state index in [1.807, 2.05) is 6.07 Å². The van der Waals surface area contributed by atoms with E-state index in [2.05, 4.69) is 28.7 Å². The summed E-state index contributed by atoms with van der Waals surface area (Å²) in [5, 5.41) is 0. The van der Waals surface area contributed by atoms with Gasteiger partial charge in [-0.1, -0.05) is 12.8 Å². The molecule has 1 aromatic carbocycles. The highest BCUT2D eigenvalue weighted by atomic mass is 127. The van der Waals surface area contributed by atoms with Crippen molar-refractivity contribution in [3.05, 3.63) is 32.4 Å². The van der Waals surface area contributed by atoms with Crippen LogP contribution < -0.4 is 0 Å². The van der Waals surface area contributed by atoms with Gasteiger partial charge in [-0.3, -0.25) is 4.79 Å². The van der Waals surface area contributed by atoms with Crippen molar-refractivity contribution < 1.29 is 14.3 Å². The molecule has 2 aliphatic carbocycles. The van der Waals surface area contributed by atoms with Crippen LogP contribution in [0.3, 0.4) is 0 Å². The van der Waals surface area contributed by atoms with Gasteiger partial charge in [-0.2, -0.15) is 0 Å². The molecule has 0 heterocycles. The third-order valence-corrected chi connectivity index (χ3v) is 5.62. The quantitative estimate of drug-likeness (QED) is 0.551. The van der Waals surface area contributed by atoms with Crippen molar-refractivity contribution in [2.24, 2.45) is 5.41 Å². The largest absolute Gasteiger partial charge is 0.465 e. The third kappa shape index (κ3) is 2.18. The van der Waals surface area contributed by atoms with Gasteiger partial charge in [0, 0.05) is 15.4 Å². The van der Waals surface area contributed by atoms with Crippen molar-refractivity contribution >= 4 is 34.3 Å². The van der Waals surface area contributed by atoms with E-state index in [4.69, 9.17) is 4.74 Å². The number of hydrogen-bond acceptors (Lipinski definition) is 3. The molecule has 0 unspecified atom stereocenters. The Hall–Kier alpha value is -0.910. The lowest BCUT2D eigenvalue weighted by Crippen LogP contribution is -2.36. The van der Waals surface area contributed by atoms with E-state index in [0.717, 1.165) is 28.4 Å². The maximum absolute atomic E-state index is 12.5. The van der Waals surface area contributed by atoms with Crippen molar-refractivity contribution in [2.45, 2.75) is 38.5 Å². The predicted octanol–water partition coefficient (Wildman–Crippen LogP) is 3.31. The summed E-state index contributed by atoms with van der Waals surface area (Å²) in [6.45, 7) is 0. The van der Waals surface area contributed by atoms with Gasteiger partial charge in [0.25, 0.3) is 0 Å². The van der Waals surface area contributed by atoms with Crippen molar-refractivity contribution in [1.82, 2.24) is 0 Å². The summed E-state index contributed by atoms with van der Waals surface area (Å²) in [7, 11) is 1.39. The maximum atomic E-state index is 12.5. The number of methoxy groups -OCH3 is 1. The molecule has 0 saturated heterocycles. The first-order chi connectivity index (χ1) is 9.55. The molecule has 0 aliphatic heterocycles. The molecule has 0 radical (unpaired) electrons. The molecule has 1 fully saturated rings. The van der Waals surface area contributed by atoms with Gasteiger partial charge in [0.2, 0.25) is 0 Å². The number of esters is 1. The highest BCUT2D eigenvalue weighted by Gasteiger charge is 2.43. The monoisotopic (exact) mass is 384 g/mol. The Kier molecular flexibility index (Phi) is 3.60. The molecule has 3 nitrogen and oxygen atoms in total. The maximum Gasteiger partial charge on any atom is 0.338 e. The molecule has 0 bridgehead atoms. The summed E-state index contributed by atoms with van der Waals surface area (Å²) in [5.74, 6) is 0.0327. The van der Waals surface area contributed by atoms with Crippen molar-refractivity contribution in [1.29, 1.82) is 0 Å². The van der Waals surface area contributed by atoms with Gasteiger partial charge in [0.15, 0.2) is 0 Å². The SMILES string of the molecule is COC(=O)c1cc2c(cc1I)CC1(CCCC1)C(=O)C2. The van der Waals surface area contributed by atoms with E-state index < -0.39 is 0 Å². The Balaban J connectivity index is 2.01. The molecule has 0 atom stereocenters. The Morgan fingerprint density at radius 3 is 2.60 bits per heavy atom. The average Bonchev–Trinajstić information content (AvgIpc) is 2.89. The number of halogens is 1. The van der Waals surface area contributed by atoms with Crippen molar-refractivity contribution in [3.63, 3.8) is 0 Å². The first-order valence-corrected chi connectivity index (χ1v) is 8.06. The van der Waals surface area contributed by atoms with E-state index in [0.29, 0.717) is 17.8 Å². The summed E-state index contributed by atoms with van der Waals surface area (Å²) in [6.07, 6.45) is 5.70. The standard InChI is InChI=1S/C16H17IO3/c1-20-15(19)12-6-10-8-14(18)16(4-2-3-5-16)9-11(10)7-13(12)17/h6-7H,2-5,8-9H2,1H3. The lowest BCUT2D eigenvalue weighted by Gasteiger charge is -2.33. The number of Topliss-reactive ketones (excluding diaryl/α,β-unsaturated/α-hetero) is 1. The zero-order valence-electron chi connectivity index (χ0n) is 11.5. The number of ketones is 1. The highest BCUT2D eigenvalue weighted by Crippen LogP contribution is 2.46. The summed E-state index contributed by atoms with van der Waals surface area (Å²) < 4.78 is 5.71. The van der Waals surface area contributed by atoms with Crippen LogP contribution >= 0.6 is 22.6 Å². The lowest BCUT2D eigenvalue weighted by atomic mass is 9.69. The van der Waals surface area contributed by atoms with Gasteiger partial charge in [0.05, 0.1) is 12.7 Å². The van der Waals surface area contributed by atoms with Gasteiger partial charge < -0.3 is 4.74 Å². The zero-order valence-corrected chi connectivity index (χ0v) is 13.7. The summed E-state index contributed by atoms with van der Waals surface area (Å²) >= 11 is 2.18. The van der Waals surface area contributed by atoms with Crippen LogP contribution in [-0.4, -0.2) is 18.9 Å². The van der Waals surface area contributed by atoms with Crippen molar-refractivity contribution in [3.8, 4) is 0 Å². The molecule has 2 aliphatic rings. The second kappa shape index (κ2) is 5.13. The van der Waals surface area contributed by atoms with E-state index in [9.17, 15) is 9.59 Å². The molecular weight excluding hydrogens is 367 g/mol. The van der Waals surface area contributed by atoms with Gasteiger partial charge in [-0.15, -0.1) is 0 Å². The van der Waals surface area contributed by atoms with E-state index in [1.54, 1.807) is 0 Å². The second-order valence-electron chi connectivity index (χ2n) is 5.86. The number of carbonyl (C=O) groups excluding carboxylic acids is 2. The van der Waals surface area contributed by atoms with E-state index in [-0.39, 0.29) is 11.4 Å². The second-order valence-corrected chi connectivity index (χ2v) is 7.02. The molecular formula is C16H17IO3. The van der Waals surface area contributed by atoms with Gasteiger partial charge in [-0.05, 0) is 65.1 Å². The highest BCUT2D eigenvalue weighted by molar-refractivity contribution is 14.1. The predicted molar refractivity (Wildman–Crippen MR) is 83.8 cm³/mol. The van der Waals surface area contributed by atoms with Crippen LogP contribution in [0.25, 0.3) is 0 Å². The summed E-state index contributed by atoms with van der Waals surface area (Å²) in [4.78, 5) is 24.2. The molecule has 106 valence electrons. The van der Waals surface area contributed by atoms with Crippen LogP contribution in [0, 0.1) is 8.99 Å². The van der Waals surface area contributed by atoms with Crippen LogP contribution in [0.1, 0.15) is 47.2 Å². The lowest BCUT2D eigenvalue weighted by molar-refractivity contribution is -0.128. The minimum absolute atomic E-state index is 0.108. The number of rotatable bonds is 1. The minimum atomic E-state index is -0.328. The number of fused-ring (bicyclic) bond motifs is 1. The van der Waals surface area contributed by atoms with Crippen LogP contribution in [0.5, 0.6) is 0 Å². The Morgan fingerprint density at radius 1 is 1.25 bits per heavy atom. The van der Waals surface area contributed by atoms with Crippen molar-refractivity contribution in [2.75, 3.05) is 7.11 Å². The van der Waals surface area contributed by atoms with E-state index in [1.165, 1.54) is 25.5 Å². The number of benzene rings is 1. The third-order valence-electron chi connectivity index (χ3n) is 4.73. The van der Waals surface area contributed by atoms with Crippen LogP contribution in [0.2, 0.25) is 0 Å². The molecule has 1 saturated carbocycles. The minimum Gasteiger partial charge on any atom is -0.465 e. The fraction of sp³-hybridized carbons (Fsp3) is 0.500. The molecule has 0 aromatic heterocycles. The normalized spacial score (nSPS) is 20.0. The molecule has 1 spiro atoms. The fourth-order valence-electron chi connectivity index (χ4n) is 3.59. The number of hydrogen-bond donors (Lipinski definition) is 0. The molecule has 0 amide bonds. The van der Waals surface area contributed by atoms with Crippen LogP contribution in [0.15, 0.2) is 12.1 Å². The van der Waals surface area contributed by atoms with Gasteiger partial charge in [0.1, 0.15) is 5.78 Å². The first-order valence-electron chi connectivity index (χ1n) is 6.99. The molecule has 20 heavy (non-hydrogen) atoms. The van der Waals surface area contributed by atoms with Gasteiger partial charge in [-0.25, -0.2) is 4.79 Å². The van der Waals surface area contributed by atoms with E-state index >= 15 is 0 Å². The molecule has 0 N–H and O–H groups in total. The number of ether oxygens (including phenoxy) is 1. The Labute approximate surface area is 132 Å². The zero-order chi connectivity index (χ0) is 14.3. The molecule has 4 heteroatoms. The topological polar surface area (TPSA) is 43.4 Å². The average molecular weight is 384 g/mol. The first kappa shape index (κ1) is 14.0. The fourth-order valence-corrected chi connectivity index (χ4v) is 4.34. The Bertz CT molecular complexity index is 586. The Morgan fingerprint density at radius 2 is 1.95 bits per heavy atom.